The summed E-state index contributed by atoms with van der Waals surface area (Å²) in [4.78, 5) is 24.2. The molecular weight excluding hydrogens is 290 g/mol. The molecule has 112 valence electrons. The minimum Gasteiger partial charge on any atom is -0.465 e. The van der Waals surface area contributed by atoms with Gasteiger partial charge >= 0.3 is 12.1 Å². The minimum atomic E-state index is -0.610. The Morgan fingerprint density at radius 3 is 2.48 bits per heavy atom. The molecule has 0 aliphatic heterocycles. The molecule has 21 heavy (non-hydrogen) atoms. The van der Waals surface area contributed by atoms with Gasteiger partial charge in [-0.25, -0.2) is 9.59 Å². The van der Waals surface area contributed by atoms with Crippen molar-refractivity contribution in [3.05, 3.63) is 29.1 Å². The number of amides is 1. The Morgan fingerprint density at radius 1 is 1.19 bits per heavy atom. The Kier molecular flexibility index (Phi) is 4.18. The van der Waals surface area contributed by atoms with Crippen LogP contribution in [0.4, 0.5) is 10.5 Å². The molecule has 5 nitrogen and oxygen atoms in total. The molecule has 1 aromatic heterocycles. The van der Waals surface area contributed by atoms with Gasteiger partial charge in [-0.2, -0.15) is 0 Å². The molecule has 0 radical (unpaired) electrons. The Balaban J connectivity index is 2.41. The Hall–Kier alpha value is -2.08. The maximum atomic E-state index is 12.0. The van der Waals surface area contributed by atoms with E-state index >= 15 is 0 Å². The van der Waals surface area contributed by atoms with E-state index in [0.717, 1.165) is 10.1 Å². The standard InChI is InChI=1S/C15H17NO4S/c1-15(2,3)20-14(18)16-11-9-7-5-6-8-10(9)21-12(11)13(17)19-4/h5-8H,1-4H3,(H,16,18). The van der Waals surface area contributed by atoms with Gasteiger partial charge in [0.2, 0.25) is 0 Å². The summed E-state index contributed by atoms with van der Waals surface area (Å²) in [5.74, 6) is -0.484. The number of fused-ring (bicyclic) bond motifs is 1. The maximum Gasteiger partial charge on any atom is 0.412 e. The summed E-state index contributed by atoms with van der Waals surface area (Å²) in [5.41, 5.74) is -0.182. The van der Waals surface area contributed by atoms with E-state index in [1.165, 1.54) is 18.4 Å². The van der Waals surface area contributed by atoms with Gasteiger partial charge in [0, 0.05) is 10.1 Å². The van der Waals surface area contributed by atoms with Gasteiger partial charge in [0.25, 0.3) is 0 Å². The van der Waals surface area contributed by atoms with Crippen molar-refractivity contribution in [2.45, 2.75) is 26.4 Å². The summed E-state index contributed by atoms with van der Waals surface area (Å²) in [6.07, 6.45) is -0.601. The van der Waals surface area contributed by atoms with Crippen LogP contribution >= 0.6 is 11.3 Å². The number of nitrogens with one attached hydrogen (secondary N) is 1. The van der Waals surface area contributed by atoms with Crippen LogP contribution in [-0.4, -0.2) is 24.8 Å². The van der Waals surface area contributed by atoms with Gasteiger partial charge in [-0.05, 0) is 26.8 Å². The molecule has 0 bridgehead atoms. The lowest BCUT2D eigenvalue weighted by molar-refractivity contribution is 0.0607. The summed E-state index contributed by atoms with van der Waals surface area (Å²) in [6.45, 7) is 5.33. The zero-order chi connectivity index (χ0) is 15.6. The molecule has 1 N–H and O–H groups in total. The number of carbonyl (C=O) groups is 2. The second-order valence-corrected chi connectivity index (χ2v) is 6.47. The Bertz CT molecular complexity index is 685. The molecule has 6 heteroatoms. The van der Waals surface area contributed by atoms with E-state index in [4.69, 9.17) is 9.47 Å². The Labute approximate surface area is 126 Å². The van der Waals surface area contributed by atoms with Crippen molar-refractivity contribution in [3.63, 3.8) is 0 Å². The fraction of sp³-hybridized carbons (Fsp3) is 0.333. The molecule has 2 aromatic rings. The SMILES string of the molecule is COC(=O)c1sc2ccccc2c1NC(=O)OC(C)(C)C. The van der Waals surface area contributed by atoms with Gasteiger partial charge in [-0.1, -0.05) is 18.2 Å². The molecule has 0 saturated heterocycles. The second kappa shape index (κ2) is 5.73. The highest BCUT2D eigenvalue weighted by Gasteiger charge is 2.23. The van der Waals surface area contributed by atoms with Crippen LogP contribution in [0.25, 0.3) is 10.1 Å². The van der Waals surface area contributed by atoms with E-state index in [-0.39, 0.29) is 0 Å². The van der Waals surface area contributed by atoms with Gasteiger partial charge in [-0.3, -0.25) is 5.32 Å². The molecule has 0 atom stereocenters. The van der Waals surface area contributed by atoms with Gasteiger partial charge in [0.05, 0.1) is 12.8 Å². The predicted molar refractivity (Wildman–Crippen MR) is 83.0 cm³/mol. The van der Waals surface area contributed by atoms with E-state index in [0.29, 0.717) is 10.6 Å². The normalized spacial score (nSPS) is 11.2. The second-order valence-electron chi connectivity index (χ2n) is 5.42. The summed E-state index contributed by atoms with van der Waals surface area (Å²) in [5, 5.41) is 3.44. The van der Waals surface area contributed by atoms with E-state index in [1.807, 2.05) is 24.3 Å². The van der Waals surface area contributed by atoms with Crippen LogP contribution in [0.15, 0.2) is 24.3 Å². The number of ether oxygens (including phenoxy) is 2. The Morgan fingerprint density at radius 2 is 1.86 bits per heavy atom. The van der Waals surface area contributed by atoms with Crippen molar-refractivity contribution >= 4 is 39.2 Å². The summed E-state index contributed by atoms with van der Waals surface area (Å²) < 4.78 is 10.9. The fourth-order valence-corrected chi connectivity index (χ4v) is 2.89. The van der Waals surface area contributed by atoms with E-state index in [1.54, 1.807) is 20.8 Å². The van der Waals surface area contributed by atoms with Gasteiger partial charge in [0.1, 0.15) is 10.5 Å². The summed E-state index contributed by atoms with van der Waals surface area (Å²) in [7, 11) is 1.31. The van der Waals surface area contributed by atoms with Gasteiger partial charge in [0.15, 0.2) is 0 Å². The number of carbonyl (C=O) groups excluding carboxylic acids is 2. The fourth-order valence-electron chi connectivity index (χ4n) is 1.81. The maximum absolute atomic E-state index is 12.0. The first kappa shape index (κ1) is 15.3. The summed E-state index contributed by atoms with van der Waals surface area (Å²) >= 11 is 1.27. The van der Waals surface area contributed by atoms with E-state index in [2.05, 4.69) is 5.32 Å². The molecule has 1 amide bonds. The smallest absolute Gasteiger partial charge is 0.412 e. The molecule has 0 unspecified atom stereocenters. The summed E-state index contributed by atoms with van der Waals surface area (Å²) in [6, 6.07) is 7.44. The molecule has 1 heterocycles. The average Bonchev–Trinajstić information content (AvgIpc) is 2.75. The molecule has 0 aliphatic carbocycles. The molecule has 0 fully saturated rings. The third-order valence-corrected chi connectivity index (χ3v) is 3.74. The van der Waals surface area contributed by atoms with Crippen molar-refractivity contribution in [1.29, 1.82) is 0 Å². The zero-order valence-corrected chi connectivity index (χ0v) is 13.2. The number of methoxy groups -OCH3 is 1. The molecule has 1 aromatic carbocycles. The third kappa shape index (κ3) is 3.52. The number of anilines is 1. The first-order valence-corrected chi connectivity index (χ1v) is 7.23. The van der Waals surface area contributed by atoms with E-state index in [9.17, 15) is 9.59 Å². The number of hydrogen-bond acceptors (Lipinski definition) is 5. The monoisotopic (exact) mass is 307 g/mol. The first-order chi connectivity index (χ1) is 9.81. The topological polar surface area (TPSA) is 64.6 Å². The van der Waals surface area contributed by atoms with Crippen molar-refractivity contribution in [1.82, 2.24) is 0 Å². The van der Waals surface area contributed by atoms with Crippen molar-refractivity contribution in [2.75, 3.05) is 12.4 Å². The van der Waals surface area contributed by atoms with Crippen LogP contribution in [0.1, 0.15) is 30.4 Å². The average molecular weight is 307 g/mol. The van der Waals surface area contributed by atoms with Crippen LogP contribution in [0.3, 0.4) is 0 Å². The third-order valence-electron chi connectivity index (χ3n) is 2.59. The highest BCUT2D eigenvalue weighted by Crippen LogP contribution is 2.36. The highest BCUT2D eigenvalue weighted by molar-refractivity contribution is 7.21. The molecule has 0 aliphatic rings. The number of hydrogen-bond donors (Lipinski definition) is 1. The number of thiophene rings is 1. The number of esters is 1. The van der Waals surface area contributed by atoms with Crippen LogP contribution < -0.4 is 5.32 Å². The lowest BCUT2D eigenvalue weighted by Gasteiger charge is -2.19. The highest BCUT2D eigenvalue weighted by atomic mass is 32.1. The van der Waals surface area contributed by atoms with Crippen LogP contribution in [-0.2, 0) is 9.47 Å². The number of rotatable bonds is 2. The van der Waals surface area contributed by atoms with Crippen molar-refractivity contribution < 1.29 is 19.1 Å². The molecule has 0 spiro atoms. The minimum absolute atomic E-state index is 0.351. The van der Waals surface area contributed by atoms with Crippen molar-refractivity contribution in [3.8, 4) is 0 Å². The van der Waals surface area contributed by atoms with Crippen molar-refractivity contribution in [2.24, 2.45) is 0 Å². The largest absolute Gasteiger partial charge is 0.465 e. The number of benzene rings is 1. The van der Waals surface area contributed by atoms with Crippen LogP contribution in [0, 0.1) is 0 Å². The van der Waals surface area contributed by atoms with Gasteiger partial charge in [-0.15, -0.1) is 11.3 Å². The zero-order valence-electron chi connectivity index (χ0n) is 12.4. The lowest BCUT2D eigenvalue weighted by Crippen LogP contribution is -2.27. The van der Waals surface area contributed by atoms with Crippen LogP contribution in [0.2, 0.25) is 0 Å². The predicted octanol–water partition coefficient (Wildman–Crippen LogP) is 4.03. The quantitative estimate of drug-likeness (QED) is 0.851. The molecular formula is C15H17NO4S. The molecule has 0 saturated carbocycles. The van der Waals surface area contributed by atoms with E-state index < -0.39 is 17.7 Å². The molecule has 2 rings (SSSR count). The van der Waals surface area contributed by atoms with Crippen LogP contribution in [0.5, 0.6) is 0 Å². The first-order valence-electron chi connectivity index (χ1n) is 6.41. The lowest BCUT2D eigenvalue weighted by atomic mass is 10.2. The van der Waals surface area contributed by atoms with Gasteiger partial charge < -0.3 is 9.47 Å².